The van der Waals surface area contributed by atoms with Gasteiger partial charge in [-0.2, -0.15) is 0 Å². The molecule has 0 amide bonds. The summed E-state index contributed by atoms with van der Waals surface area (Å²) in [6.45, 7) is 4.37. The van der Waals surface area contributed by atoms with Crippen LogP contribution in [0.15, 0.2) is 11.6 Å². The molecule has 0 fully saturated rings. The van der Waals surface area contributed by atoms with Gasteiger partial charge in [0.25, 0.3) is 0 Å². The molecule has 0 bridgehead atoms. The largest absolute Gasteiger partial charge is 0.303 e. The first-order valence-corrected chi connectivity index (χ1v) is 4.90. The lowest BCUT2D eigenvalue weighted by atomic mass is 10.1. The van der Waals surface area contributed by atoms with E-state index in [-0.39, 0.29) is 0 Å². The summed E-state index contributed by atoms with van der Waals surface area (Å²) >= 11 is 0. The molecule has 0 aromatic rings. The van der Waals surface area contributed by atoms with Crippen LogP contribution in [0, 0.1) is 0 Å². The molecule has 0 unspecified atom stereocenters. The van der Waals surface area contributed by atoms with Gasteiger partial charge in [-0.3, -0.25) is 0 Å². The number of hydrogen-bond donors (Lipinski definition) is 0. The molecule has 0 N–H and O–H groups in total. The number of rotatable bonds is 7. The standard InChI is InChI=1S/C11H20O/c1-3-4-5-8-11(2)9-6-7-10-12/h9-10H,3-8H2,1-2H3/b11-9+. The van der Waals surface area contributed by atoms with Gasteiger partial charge in [0.1, 0.15) is 6.29 Å². The van der Waals surface area contributed by atoms with Crippen LogP contribution in [0.5, 0.6) is 0 Å². The minimum atomic E-state index is 0.672. The van der Waals surface area contributed by atoms with Gasteiger partial charge in [-0.25, -0.2) is 0 Å². The van der Waals surface area contributed by atoms with Gasteiger partial charge in [0, 0.05) is 6.42 Å². The molecule has 1 heteroatoms. The van der Waals surface area contributed by atoms with Crippen LogP contribution in [-0.2, 0) is 4.79 Å². The summed E-state index contributed by atoms with van der Waals surface area (Å²) in [6, 6.07) is 0. The second kappa shape index (κ2) is 8.51. The van der Waals surface area contributed by atoms with Crippen molar-refractivity contribution in [1.82, 2.24) is 0 Å². The lowest BCUT2D eigenvalue weighted by Gasteiger charge is -1.99. The average Bonchev–Trinajstić information content (AvgIpc) is 2.06. The molecule has 0 rings (SSSR count). The zero-order valence-electron chi connectivity index (χ0n) is 8.31. The minimum absolute atomic E-state index is 0.672. The van der Waals surface area contributed by atoms with Crippen molar-refractivity contribution in [1.29, 1.82) is 0 Å². The summed E-state index contributed by atoms with van der Waals surface area (Å²) in [5, 5.41) is 0. The van der Waals surface area contributed by atoms with Gasteiger partial charge in [-0.05, 0) is 26.2 Å². The molecule has 0 aromatic heterocycles. The average molecular weight is 168 g/mol. The van der Waals surface area contributed by atoms with E-state index in [0.29, 0.717) is 6.42 Å². The van der Waals surface area contributed by atoms with E-state index in [1.807, 2.05) is 0 Å². The summed E-state index contributed by atoms with van der Waals surface area (Å²) in [6.07, 6.45) is 9.85. The molecule has 0 radical (unpaired) electrons. The van der Waals surface area contributed by atoms with Crippen molar-refractivity contribution in [3.63, 3.8) is 0 Å². The Kier molecular flexibility index (Phi) is 8.09. The number of carbonyl (C=O) groups excluding carboxylic acids is 1. The Balaban J connectivity index is 3.35. The molecular formula is C11H20O. The quantitative estimate of drug-likeness (QED) is 0.323. The summed E-state index contributed by atoms with van der Waals surface area (Å²) < 4.78 is 0. The monoisotopic (exact) mass is 168 g/mol. The number of hydrogen-bond acceptors (Lipinski definition) is 1. The van der Waals surface area contributed by atoms with E-state index < -0.39 is 0 Å². The normalized spacial score (nSPS) is 11.7. The van der Waals surface area contributed by atoms with Crippen molar-refractivity contribution in [3.05, 3.63) is 11.6 Å². The van der Waals surface area contributed by atoms with Gasteiger partial charge in [0.2, 0.25) is 0 Å². The van der Waals surface area contributed by atoms with Crippen molar-refractivity contribution in [2.45, 2.75) is 52.4 Å². The third-order valence-electron chi connectivity index (χ3n) is 1.95. The first kappa shape index (κ1) is 11.4. The van der Waals surface area contributed by atoms with Crippen LogP contribution in [0.1, 0.15) is 52.4 Å². The van der Waals surface area contributed by atoms with Crippen molar-refractivity contribution in [2.24, 2.45) is 0 Å². The van der Waals surface area contributed by atoms with Gasteiger partial charge in [0.05, 0.1) is 0 Å². The van der Waals surface area contributed by atoms with E-state index in [1.54, 1.807) is 0 Å². The van der Waals surface area contributed by atoms with Crippen molar-refractivity contribution < 1.29 is 4.79 Å². The van der Waals surface area contributed by atoms with Gasteiger partial charge in [-0.1, -0.05) is 31.4 Å². The van der Waals surface area contributed by atoms with Crippen molar-refractivity contribution >= 4 is 6.29 Å². The Morgan fingerprint density at radius 3 is 2.58 bits per heavy atom. The van der Waals surface area contributed by atoms with E-state index in [4.69, 9.17) is 0 Å². The molecule has 0 saturated heterocycles. The van der Waals surface area contributed by atoms with Crippen LogP contribution < -0.4 is 0 Å². The lowest BCUT2D eigenvalue weighted by Crippen LogP contribution is -1.80. The van der Waals surface area contributed by atoms with Crippen LogP contribution in [0.2, 0.25) is 0 Å². The molecule has 0 heterocycles. The van der Waals surface area contributed by atoms with Crippen LogP contribution in [0.4, 0.5) is 0 Å². The Morgan fingerprint density at radius 1 is 1.25 bits per heavy atom. The summed E-state index contributed by atoms with van der Waals surface area (Å²) in [4.78, 5) is 10.0. The molecule has 0 aliphatic carbocycles. The number of aldehydes is 1. The van der Waals surface area contributed by atoms with Crippen molar-refractivity contribution in [3.8, 4) is 0 Å². The van der Waals surface area contributed by atoms with E-state index in [9.17, 15) is 4.79 Å². The molecule has 0 aliphatic rings. The fourth-order valence-corrected chi connectivity index (χ4v) is 1.15. The molecule has 70 valence electrons. The van der Waals surface area contributed by atoms with Crippen LogP contribution in [0.25, 0.3) is 0 Å². The Morgan fingerprint density at radius 2 is 2.00 bits per heavy atom. The van der Waals surface area contributed by atoms with Crippen LogP contribution >= 0.6 is 0 Å². The Bertz CT molecular complexity index is 136. The first-order chi connectivity index (χ1) is 5.81. The predicted molar refractivity (Wildman–Crippen MR) is 53.2 cm³/mol. The maximum atomic E-state index is 10.0. The van der Waals surface area contributed by atoms with Gasteiger partial charge in [0.15, 0.2) is 0 Å². The molecular weight excluding hydrogens is 148 g/mol. The number of carbonyl (C=O) groups is 1. The summed E-state index contributed by atoms with van der Waals surface area (Å²) in [7, 11) is 0. The summed E-state index contributed by atoms with van der Waals surface area (Å²) in [5.41, 5.74) is 1.44. The highest BCUT2D eigenvalue weighted by atomic mass is 16.1. The second-order valence-corrected chi connectivity index (χ2v) is 3.25. The Hall–Kier alpha value is -0.590. The SMILES string of the molecule is CCCCC/C(C)=C/CCC=O. The first-order valence-electron chi connectivity index (χ1n) is 4.90. The highest BCUT2D eigenvalue weighted by Gasteiger charge is 1.89. The third-order valence-corrected chi connectivity index (χ3v) is 1.95. The van der Waals surface area contributed by atoms with Crippen LogP contribution in [-0.4, -0.2) is 6.29 Å². The Labute approximate surface area is 75.9 Å². The predicted octanol–water partition coefficient (Wildman–Crippen LogP) is 3.49. The van der Waals surface area contributed by atoms with Crippen LogP contribution in [0.3, 0.4) is 0 Å². The highest BCUT2D eigenvalue weighted by molar-refractivity contribution is 5.49. The molecule has 0 aromatic carbocycles. The fraction of sp³-hybridized carbons (Fsp3) is 0.727. The zero-order chi connectivity index (χ0) is 9.23. The molecule has 0 saturated carbocycles. The van der Waals surface area contributed by atoms with E-state index in [1.165, 1.54) is 31.3 Å². The van der Waals surface area contributed by atoms with Gasteiger partial charge >= 0.3 is 0 Å². The topological polar surface area (TPSA) is 17.1 Å². The molecule has 1 nitrogen and oxygen atoms in total. The molecule has 0 aliphatic heterocycles. The number of unbranched alkanes of at least 4 members (excludes halogenated alkanes) is 3. The van der Waals surface area contributed by atoms with E-state index >= 15 is 0 Å². The molecule has 0 spiro atoms. The second-order valence-electron chi connectivity index (χ2n) is 3.25. The van der Waals surface area contributed by atoms with E-state index in [2.05, 4.69) is 19.9 Å². The van der Waals surface area contributed by atoms with E-state index in [0.717, 1.165) is 12.7 Å². The maximum Gasteiger partial charge on any atom is 0.120 e. The third kappa shape index (κ3) is 7.52. The smallest absolute Gasteiger partial charge is 0.120 e. The summed E-state index contributed by atoms with van der Waals surface area (Å²) in [5.74, 6) is 0. The van der Waals surface area contributed by atoms with Gasteiger partial charge < -0.3 is 4.79 Å². The maximum absolute atomic E-state index is 10.0. The molecule has 12 heavy (non-hydrogen) atoms. The zero-order valence-corrected chi connectivity index (χ0v) is 8.31. The minimum Gasteiger partial charge on any atom is -0.303 e. The lowest BCUT2D eigenvalue weighted by molar-refractivity contribution is -0.107. The molecule has 0 atom stereocenters. The highest BCUT2D eigenvalue weighted by Crippen LogP contribution is 2.08. The van der Waals surface area contributed by atoms with Gasteiger partial charge in [-0.15, -0.1) is 0 Å². The fourth-order valence-electron chi connectivity index (χ4n) is 1.15. The number of allylic oxidation sites excluding steroid dienone is 2. The van der Waals surface area contributed by atoms with Crippen molar-refractivity contribution in [2.75, 3.05) is 0 Å².